The number of hydrogen-bond donors (Lipinski definition) is 0. The second-order valence-electron chi connectivity index (χ2n) is 3.47. The molecule has 0 N–H and O–H groups in total. The Bertz CT molecular complexity index is 469. The fourth-order valence-corrected chi connectivity index (χ4v) is 1.75. The Morgan fingerprint density at radius 2 is 2.31 bits per heavy atom. The van der Waals surface area contributed by atoms with Crippen LogP contribution in [0.1, 0.15) is 28.8 Å². The normalized spacial score (nSPS) is 13.4. The van der Waals surface area contributed by atoms with Crippen molar-refractivity contribution in [1.29, 1.82) is 0 Å². The van der Waals surface area contributed by atoms with Crippen molar-refractivity contribution in [3.05, 3.63) is 29.3 Å². The first-order chi connectivity index (χ1) is 7.81. The molecular weight excluding hydrogens is 268 g/mol. The molecule has 1 aliphatic heterocycles. The first-order valence-corrected chi connectivity index (χ1v) is 6.28. The van der Waals surface area contributed by atoms with E-state index in [4.69, 9.17) is 4.74 Å². The highest BCUT2D eigenvalue weighted by molar-refractivity contribution is 9.09. The Morgan fingerprint density at radius 3 is 3.12 bits per heavy atom. The van der Waals surface area contributed by atoms with Crippen molar-refractivity contribution in [2.75, 3.05) is 11.9 Å². The van der Waals surface area contributed by atoms with Gasteiger partial charge < -0.3 is 4.74 Å². The first kappa shape index (κ1) is 11.2. The van der Waals surface area contributed by atoms with E-state index >= 15 is 0 Å². The summed E-state index contributed by atoms with van der Waals surface area (Å²) in [6.45, 7) is 0.476. The highest BCUT2D eigenvalue weighted by Gasteiger charge is 2.17. The highest BCUT2D eigenvalue weighted by atomic mass is 79.9. The van der Waals surface area contributed by atoms with E-state index in [2.05, 4.69) is 27.8 Å². The molecule has 1 aliphatic rings. The monoisotopic (exact) mass is 278 g/mol. The number of rotatable bonds is 1. The molecule has 0 amide bonds. The number of carbonyl (C=O) groups is 1. The average molecular weight is 279 g/mol. The summed E-state index contributed by atoms with van der Waals surface area (Å²) in [5, 5.41) is 0.875. The van der Waals surface area contributed by atoms with Gasteiger partial charge >= 0.3 is 0 Å². The molecule has 82 valence electrons. The minimum absolute atomic E-state index is 0.154. The number of halogens is 1. The lowest BCUT2D eigenvalue weighted by atomic mass is 10.0. The lowest BCUT2D eigenvalue weighted by molar-refractivity contribution is 0.0933. The van der Waals surface area contributed by atoms with Gasteiger partial charge in [0, 0.05) is 23.7 Å². The zero-order valence-electron chi connectivity index (χ0n) is 8.75. The molecule has 1 aromatic rings. The molecule has 2 nitrogen and oxygen atoms in total. The highest BCUT2D eigenvalue weighted by Crippen LogP contribution is 2.25. The number of fused-ring (bicyclic) bond motifs is 1. The summed E-state index contributed by atoms with van der Waals surface area (Å²) in [5.41, 5.74) is 1.58. The zero-order chi connectivity index (χ0) is 11.4. The van der Waals surface area contributed by atoms with E-state index in [1.807, 2.05) is 12.1 Å². The second-order valence-corrected chi connectivity index (χ2v) is 4.27. The van der Waals surface area contributed by atoms with Crippen molar-refractivity contribution in [2.45, 2.75) is 12.8 Å². The summed E-state index contributed by atoms with van der Waals surface area (Å²) in [4.78, 5) is 11.5. The summed E-state index contributed by atoms with van der Waals surface area (Å²) in [6.07, 6.45) is 1.29. The van der Waals surface area contributed by atoms with Gasteiger partial charge in [-0.2, -0.15) is 0 Å². The minimum Gasteiger partial charge on any atom is -0.492 e. The van der Waals surface area contributed by atoms with Gasteiger partial charge in [0.25, 0.3) is 0 Å². The van der Waals surface area contributed by atoms with Crippen molar-refractivity contribution < 1.29 is 9.53 Å². The number of Topliss-reactive ketones (excluding diaryl/α,β-unsaturated/α-hetero) is 1. The molecule has 0 fully saturated rings. The maximum Gasteiger partial charge on any atom is 0.169 e. The van der Waals surface area contributed by atoms with Crippen LogP contribution in [0.5, 0.6) is 5.75 Å². The minimum atomic E-state index is 0.154. The van der Waals surface area contributed by atoms with E-state index in [0.717, 1.165) is 17.3 Å². The van der Waals surface area contributed by atoms with Gasteiger partial charge in [0.1, 0.15) is 5.75 Å². The molecule has 0 spiro atoms. The molecule has 0 bridgehead atoms. The summed E-state index contributed by atoms with van der Waals surface area (Å²) in [6, 6.07) is 5.51. The summed E-state index contributed by atoms with van der Waals surface area (Å²) in [7, 11) is 0. The van der Waals surface area contributed by atoms with Gasteiger partial charge in [0.2, 0.25) is 0 Å². The average Bonchev–Trinajstić information content (AvgIpc) is 2.30. The van der Waals surface area contributed by atoms with Crippen LogP contribution in [-0.2, 0) is 0 Å². The largest absolute Gasteiger partial charge is 0.492 e. The number of carbonyl (C=O) groups excluding carboxylic acids is 1. The topological polar surface area (TPSA) is 26.3 Å². The molecule has 1 aromatic carbocycles. The number of hydrogen-bond acceptors (Lipinski definition) is 2. The molecule has 0 saturated heterocycles. The standard InChI is InChI=1S/C13H11BrO2/c14-7-2-1-3-10-4-5-11-12(15)6-8-16-13(11)9-10/h4-5,9H,2,6-8H2. The molecule has 3 heteroatoms. The second kappa shape index (κ2) is 5.18. The van der Waals surface area contributed by atoms with Crippen molar-refractivity contribution >= 4 is 21.7 Å². The lowest BCUT2D eigenvalue weighted by Gasteiger charge is -2.15. The van der Waals surface area contributed by atoms with Crippen molar-refractivity contribution in [2.24, 2.45) is 0 Å². The van der Waals surface area contributed by atoms with Crippen LogP contribution in [-0.4, -0.2) is 17.7 Å². The smallest absolute Gasteiger partial charge is 0.169 e. The van der Waals surface area contributed by atoms with Gasteiger partial charge in [0.15, 0.2) is 5.78 Å². The van der Waals surface area contributed by atoms with Crippen LogP contribution in [0.4, 0.5) is 0 Å². The Kier molecular flexibility index (Phi) is 3.63. The summed E-state index contributed by atoms with van der Waals surface area (Å²) < 4.78 is 5.44. The molecule has 0 aromatic heterocycles. The van der Waals surface area contributed by atoms with Crippen molar-refractivity contribution in [3.8, 4) is 17.6 Å². The third-order valence-electron chi connectivity index (χ3n) is 2.32. The molecule has 0 aliphatic carbocycles. The fourth-order valence-electron chi connectivity index (χ4n) is 1.55. The maximum atomic E-state index is 11.5. The van der Waals surface area contributed by atoms with Crippen LogP contribution in [0.25, 0.3) is 0 Å². The molecule has 0 atom stereocenters. The first-order valence-electron chi connectivity index (χ1n) is 5.16. The predicted molar refractivity (Wildman–Crippen MR) is 66.2 cm³/mol. The molecule has 2 rings (SSSR count). The zero-order valence-corrected chi connectivity index (χ0v) is 10.3. The van der Waals surface area contributed by atoms with Gasteiger partial charge in [-0.3, -0.25) is 4.79 Å². The Hall–Kier alpha value is -1.27. The van der Waals surface area contributed by atoms with Crippen LogP contribution in [0.3, 0.4) is 0 Å². The van der Waals surface area contributed by atoms with Crippen LogP contribution in [0, 0.1) is 11.8 Å². The number of alkyl halides is 1. The van der Waals surface area contributed by atoms with E-state index in [1.54, 1.807) is 6.07 Å². The van der Waals surface area contributed by atoms with Crippen molar-refractivity contribution in [1.82, 2.24) is 0 Å². The lowest BCUT2D eigenvalue weighted by Crippen LogP contribution is -2.15. The van der Waals surface area contributed by atoms with E-state index in [0.29, 0.717) is 24.3 Å². The summed E-state index contributed by atoms with van der Waals surface area (Å²) in [5.74, 6) is 6.89. The number of ether oxygens (including phenoxy) is 1. The molecule has 0 saturated carbocycles. The number of ketones is 1. The van der Waals surface area contributed by atoms with Gasteiger partial charge in [0.05, 0.1) is 12.2 Å². The molecule has 16 heavy (non-hydrogen) atoms. The number of benzene rings is 1. The van der Waals surface area contributed by atoms with Crippen LogP contribution in [0.15, 0.2) is 18.2 Å². The third-order valence-corrected chi connectivity index (χ3v) is 2.72. The van der Waals surface area contributed by atoms with Gasteiger partial charge in [-0.05, 0) is 18.2 Å². The van der Waals surface area contributed by atoms with Crippen LogP contribution >= 0.6 is 15.9 Å². The van der Waals surface area contributed by atoms with E-state index < -0.39 is 0 Å². The maximum absolute atomic E-state index is 11.5. The Labute approximate surface area is 103 Å². The van der Waals surface area contributed by atoms with E-state index in [-0.39, 0.29) is 5.78 Å². The van der Waals surface area contributed by atoms with Crippen LogP contribution < -0.4 is 4.74 Å². The van der Waals surface area contributed by atoms with E-state index in [9.17, 15) is 4.79 Å². The van der Waals surface area contributed by atoms with Crippen molar-refractivity contribution in [3.63, 3.8) is 0 Å². The quantitative estimate of drug-likeness (QED) is 0.583. The molecule has 0 radical (unpaired) electrons. The van der Waals surface area contributed by atoms with E-state index in [1.165, 1.54) is 0 Å². The Balaban J connectivity index is 2.26. The third kappa shape index (κ3) is 2.45. The summed E-state index contributed by atoms with van der Waals surface area (Å²) >= 11 is 3.32. The van der Waals surface area contributed by atoms with Crippen LogP contribution in [0.2, 0.25) is 0 Å². The van der Waals surface area contributed by atoms with Gasteiger partial charge in [-0.1, -0.05) is 27.8 Å². The van der Waals surface area contributed by atoms with Gasteiger partial charge in [-0.15, -0.1) is 0 Å². The Morgan fingerprint density at radius 1 is 1.44 bits per heavy atom. The molecular formula is C13H11BrO2. The molecule has 0 unspecified atom stereocenters. The fraction of sp³-hybridized carbons (Fsp3) is 0.308. The SMILES string of the molecule is O=C1CCOc2cc(C#CCCBr)ccc21. The van der Waals surface area contributed by atoms with Gasteiger partial charge in [-0.25, -0.2) is 0 Å². The predicted octanol–water partition coefficient (Wildman–Crippen LogP) is 2.79. The molecule has 1 heterocycles.